The fourth-order valence-electron chi connectivity index (χ4n) is 2.29. The van der Waals surface area contributed by atoms with Gasteiger partial charge in [-0.3, -0.25) is 19.2 Å². The molecule has 8 nitrogen and oxygen atoms in total. The van der Waals surface area contributed by atoms with E-state index in [2.05, 4.69) is 0 Å². The van der Waals surface area contributed by atoms with Gasteiger partial charge in [0.15, 0.2) is 0 Å². The molecule has 0 aromatic carbocycles. The van der Waals surface area contributed by atoms with Gasteiger partial charge in [-0.15, -0.1) is 0 Å². The first-order valence-electron chi connectivity index (χ1n) is 15.4. The van der Waals surface area contributed by atoms with Gasteiger partial charge < -0.3 is 20.4 Å². The smallest absolute Gasteiger partial charge is 0.460 e. The van der Waals surface area contributed by atoms with Crippen LogP contribution in [0, 0.1) is 63.2 Å². The van der Waals surface area contributed by atoms with Crippen LogP contribution in [0.3, 0.4) is 0 Å². The van der Waals surface area contributed by atoms with Crippen LogP contribution in [0.1, 0.15) is 69.2 Å². The number of carboxylic acid groups (broad SMARTS) is 1. The van der Waals surface area contributed by atoms with Crippen molar-refractivity contribution >= 4 is 23.3 Å². The number of ketones is 3. The van der Waals surface area contributed by atoms with E-state index in [9.17, 15) is 107 Å². The number of rotatable bonds is 9. The van der Waals surface area contributed by atoms with E-state index >= 15 is 0 Å². The van der Waals surface area contributed by atoms with E-state index in [1.54, 1.807) is 0 Å². The third-order valence-corrected chi connectivity index (χ3v) is 6.29. The Hall–Kier alpha value is -2.85. The Morgan fingerprint density at radius 1 is 0.339 bits per heavy atom. The predicted octanol–water partition coefficient (Wildman–Crippen LogP) is 11.7. The molecule has 0 unspecified atom stereocenters. The number of halogens is 21. The molecule has 0 radical (unpaired) electrons. The van der Waals surface area contributed by atoms with E-state index in [1.165, 1.54) is 62.3 Å². The SMILES string of the molecule is CC(=O)O.CC(C)(C)/C(O)=C/C(=O)C(F)(F)C(F)(F)C(F)(F)F.CC(C)(C)/C(O)=C/C(=O)C(F)(F)C(F)(F)C(F)(F)F.CC(C)(C)/C(O)=C/C(=O)C(F)(F)C(F)(F)C(F)(F)F.[Yb]. The van der Waals surface area contributed by atoms with E-state index in [4.69, 9.17) is 25.2 Å². The molecule has 0 bridgehead atoms. The van der Waals surface area contributed by atoms with Crippen LogP contribution in [0.5, 0.6) is 0 Å². The molecule has 0 fully saturated rings. The average molecular weight is 1120 g/mol. The summed E-state index contributed by atoms with van der Waals surface area (Å²) in [6, 6.07) is 0. The maximum absolute atomic E-state index is 12.9. The largest absolute Gasteiger partial charge is 0.512 e. The summed E-state index contributed by atoms with van der Waals surface area (Å²) >= 11 is 0. The zero-order valence-corrected chi connectivity index (χ0v) is 34.6. The molecule has 0 aliphatic carbocycles. The summed E-state index contributed by atoms with van der Waals surface area (Å²) < 4.78 is 258. The number of aliphatic hydroxyl groups is 3. The number of aliphatic hydroxyl groups excluding tert-OH is 3. The molecule has 0 heterocycles. The molecule has 0 atom stereocenters. The third-order valence-electron chi connectivity index (χ3n) is 6.29. The monoisotopic (exact) mass is 1120 g/mol. The first-order chi connectivity index (χ1) is 25.9. The van der Waals surface area contributed by atoms with Crippen molar-refractivity contribution in [1.82, 2.24) is 0 Å². The number of alkyl halides is 21. The van der Waals surface area contributed by atoms with E-state index in [0.717, 1.165) is 6.92 Å². The zero-order chi connectivity index (χ0) is 51.2. The standard InChI is InChI=1S/3C10H11F7O2.C2H4O2.Yb/c3*1-7(2,3)5(18)4-6(19)8(11,12)9(13,14)10(15,16)17;1-2(3)4;/h3*4,18H,1-3H3;1H3,(H,3,4);/b3*5-4-;;. The molecule has 4 N–H and O–H groups in total. The second-order valence-corrected chi connectivity index (χ2v) is 14.9. The molecule has 62 heavy (non-hydrogen) atoms. The number of carbonyl (C=O) groups is 4. The molecule has 0 aromatic rings. The molecular weight excluding hydrogens is 1080 g/mol. The molecular formula is C32H37F21O8Yb. The summed E-state index contributed by atoms with van der Waals surface area (Å²) in [5, 5.41) is 34.9. The van der Waals surface area contributed by atoms with Crippen molar-refractivity contribution in [3.05, 3.63) is 35.5 Å². The Labute approximate surface area is 375 Å². The summed E-state index contributed by atoms with van der Waals surface area (Å²) in [7, 11) is 0. The fourth-order valence-corrected chi connectivity index (χ4v) is 2.29. The quantitative estimate of drug-likeness (QED) is 0.101. The molecule has 0 saturated heterocycles. The van der Waals surface area contributed by atoms with Gasteiger partial charge in [-0.2, -0.15) is 92.2 Å². The summed E-state index contributed by atoms with van der Waals surface area (Å²) in [5.74, 6) is -49.9. The minimum Gasteiger partial charge on any atom is -0.512 e. The maximum atomic E-state index is 12.9. The van der Waals surface area contributed by atoms with Gasteiger partial charge in [0.25, 0.3) is 5.97 Å². The first kappa shape index (κ1) is 68.2. The number of aliphatic carboxylic acids is 1. The molecule has 0 aliphatic heterocycles. The Morgan fingerprint density at radius 3 is 0.532 bits per heavy atom. The summed E-state index contributed by atoms with van der Waals surface area (Å²) in [6.07, 6.45) is -20.7. The van der Waals surface area contributed by atoms with Gasteiger partial charge in [0.05, 0.1) is 0 Å². The summed E-state index contributed by atoms with van der Waals surface area (Å²) in [6.45, 7) is 12.3. The Morgan fingerprint density at radius 2 is 0.452 bits per heavy atom. The molecule has 0 saturated carbocycles. The van der Waals surface area contributed by atoms with Crippen molar-refractivity contribution in [2.24, 2.45) is 16.2 Å². The minimum atomic E-state index is -6.59. The first-order valence-corrected chi connectivity index (χ1v) is 15.4. The van der Waals surface area contributed by atoms with Crippen molar-refractivity contribution in [1.29, 1.82) is 0 Å². The van der Waals surface area contributed by atoms with Gasteiger partial charge in [0.2, 0.25) is 17.3 Å². The van der Waals surface area contributed by atoms with Crippen molar-refractivity contribution in [3.63, 3.8) is 0 Å². The van der Waals surface area contributed by atoms with Crippen molar-refractivity contribution < 1.29 is 179 Å². The Kier molecular flexibility index (Phi) is 24.1. The molecule has 30 heteroatoms. The molecule has 0 aromatic heterocycles. The fraction of sp³-hybridized carbons (Fsp3) is 0.688. The van der Waals surface area contributed by atoms with Crippen LogP contribution in [0.15, 0.2) is 35.5 Å². The van der Waals surface area contributed by atoms with Gasteiger partial charge in [0, 0.05) is 88.3 Å². The van der Waals surface area contributed by atoms with Crippen LogP contribution < -0.4 is 0 Å². The maximum Gasteiger partial charge on any atom is 0.460 e. The number of carbonyl (C=O) groups excluding carboxylic acids is 3. The van der Waals surface area contributed by atoms with E-state index in [0.29, 0.717) is 0 Å². The average Bonchev–Trinajstić information content (AvgIpc) is 2.97. The normalized spacial score (nSPS) is 14.7. The van der Waals surface area contributed by atoms with Crippen LogP contribution >= 0.6 is 0 Å². The third kappa shape index (κ3) is 18.3. The predicted molar refractivity (Wildman–Crippen MR) is 167 cm³/mol. The number of hydrogen-bond acceptors (Lipinski definition) is 7. The number of allylic oxidation sites excluding steroid dienone is 6. The van der Waals surface area contributed by atoms with E-state index in [1.807, 2.05) is 0 Å². The summed E-state index contributed by atoms with van der Waals surface area (Å²) in [5.41, 5.74) is -3.75. The van der Waals surface area contributed by atoms with Gasteiger partial charge in [0.1, 0.15) is 17.3 Å². The topological polar surface area (TPSA) is 149 Å². The zero-order valence-electron chi connectivity index (χ0n) is 32.9. The second-order valence-electron chi connectivity index (χ2n) is 14.9. The van der Waals surface area contributed by atoms with Gasteiger partial charge in [-0.25, -0.2) is 0 Å². The van der Waals surface area contributed by atoms with Crippen molar-refractivity contribution in [2.75, 3.05) is 0 Å². The van der Waals surface area contributed by atoms with Gasteiger partial charge in [-0.05, 0) is 0 Å². The number of hydrogen-bond donors (Lipinski definition) is 4. The van der Waals surface area contributed by atoms with Crippen LogP contribution in [-0.4, -0.2) is 97.8 Å². The Bertz CT molecular complexity index is 1450. The van der Waals surface area contributed by atoms with E-state index < -0.39 is 111 Å². The molecule has 374 valence electrons. The van der Waals surface area contributed by atoms with Crippen molar-refractivity contribution in [2.45, 2.75) is 123 Å². The van der Waals surface area contributed by atoms with Gasteiger partial charge in [-0.1, -0.05) is 62.3 Å². The molecule has 0 aliphatic rings. The van der Waals surface area contributed by atoms with E-state index in [-0.39, 0.29) is 65.2 Å². The van der Waals surface area contributed by atoms with Crippen LogP contribution in [0.25, 0.3) is 0 Å². The molecule has 0 spiro atoms. The molecule has 0 amide bonds. The van der Waals surface area contributed by atoms with Crippen LogP contribution in [0.4, 0.5) is 92.2 Å². The van der Waals surface area contributed by atoms with Crippen molar-refractivity contribution in [3.8, 4) is 0 Å². The summed E-state index contributed by atoms with van der Waals surface area (Å²) in [4.78, 5) is 41.5. The van der Waals surface area contributed by atoms with Gasteiger partial charge >= 0.3 is 54.1 Å². The van der Waals surface area contributed by atoms with Crippen LogP contribution in [0.2, 0.25) is 0 Å². The second kappa shape index (κ2) is 21.9. The molecule has 0 rings (SSSR count). The number of carboxylic acids is 1. The van der Waals surface area contributed by atoms with Crippen LogP contribution in [-0.2, 0) is 19.2 Å². The Balaban J connectivity index is -0.000000248. The minimum absolute atomic E-state index is 0.